The van der Waals surface area contributed by atoms with E-state index in [0.717, 1.165) is 16.8 Å². The molecule has 1 atom stereocenters. The molecule has 0 spiro atoms. The van der Waals surface area contributed by atoms with Crippen LogP contribution in [-0.2, 0) is 14.3 Å². The molecule has 25 heavy (non-hydrogen) atoms. The van der Waals surface area contributed by atoms with Gasteiger partial charge in [0.25, 0.3) is 0 Å². The van der Waals surface area contributed by atoms with Crippen LogP contribution in [0.3, 0.4) is 0 Å². The predicted molar refractivity (Wildman–Crippen MR) is 97.3 cm³/mol. The van der Waals surface area contributed by atoms with Gasteiger partial charge in [-0.3, -0.25) is 9.59 Å². The maximum Gasteiger partial charge on any atom is 0.249 e. The van der Waals surface area contributed by atoms with Crippen molar-refractivity contribution < 1.29 is 14.3 Å². The van der Waals surface area contributed by atoms with Gasteiger partial charge in [-0.25, -0.2) is 0 Å². The number of piperazine rings is 1. The number of anilines is 1. The summed E-state index contributed by atoms with van der Waals surface area (Å²) >= 11 is 0. The monoisotopic (exact) mass is 338 g/mol. The number of hydrogen-bond donors (Lipinski definition) is 0. The average Bonchev–Trinajstić information content (AvgIpc) is 2.65. The highest BCUT2D eigenvalue weighted by Gasteiger charge is 2.35. The first-order valence-electron chi connectivity index (χ1n) is 8.37. The summed E-state index contributed by atoms with van der Waals surface area (Å²) in [6.07, 6.45) is 0. The van der Waals surface area contributed by atoms with E-state index in [1.165, 1.54) is 7.11 Å². The summed E-state index contributed by atoms with van der Waals surface area (Å²) in [5, 5.41) is 0. The molecule has 3 rings (SSSR count). The summed E-state index contributed by atoms with van der Waals surface area (Å²) in [5.41, 5.74) is 2.96. The topological polar surface area (TPSA) is 49.9 Å². The molecule has 2 aromatic carbocycles. The van der Waals surface area contributed by atoms with Crippen molar-refractivity contribution in [3.63, 3.8) is 0 Å². The Morgan fingerprint density at radius 1 is 1.08 bits per heavy atom. The van der Waals surface area contributed by atoms with Crippen LogP contribution in [0, 0.1) is 0 Å². The van der Waals surface area contributed by atoms with Crippen LogP contribution in [0.1, 0.15) is 6.92 Å². The summed E-state index contributed by atoms with van der Waals surface area (Å²) in [5.74, 6) is -0.224. The maximum absolute atomic E-state index is 12.9. The third-order valence-corrected chi connectivity index (χ3v) is 4.52. The fraction of sp³-hybridized carbons (Fsp3) is 0.300. The van der Waals surface area contributed by atoms with E-state index >= 15 is 0 Å². The lowest BCUT2D eigenvalue weighted by Gasteiger charge is -2.39. The van der Waals surface area contributed by atoms with E-state index in [9.17, 15) is 9.59 Å². The minimum absolute atomic E-state index is 0.00176. The Morgan fingerprint density at radius 2 is 1.76 bits per heavy atom. The van der Waals surface area contributed by atoms with Crippen molar-refractivity contribution in [2.24, 2.45) is 0 Å². The fourth-order valence-electron chi connectivity index (χ4n) is 3.23. The van der Waals surface area contributed by atoms with Gasteiger partial charge in [-0.1, -0.05) is 48.5 Å². The van der Waals surface area contributed by atoms with Crippen LogP contribution < -0.4 is 4.90 Å². The molecule has 0 aromatic heterocycles. The second-order valence-corrected chi connectivity index (χ2v) is 6.07. The molecule has 1 aliphatic rings. The van der Waals surface area contributed by atoms with Crippen molar-refractivity contribution in [2.45, 2.75) is 13.0 Å². The van der Waals surface area contributed by atoms with E-state index in [4.69, 9.17) is 4.74 Å². The van der Waals surface area contributed by atoms with Crippen molar-refractivity contribution in [1.82, 2.24) is 4.90 Å². The molecular formula is C20H22N2O3. The fourth-order valence-corrected chi connectivity index (χ4v) is 3.23. The second kappa shape index (κ2) is 7.49. The van der Waals surface area contributed by atoms with Gasteiger partial charge in [0.1, 0.15) is 12.6 Å². The van der Waals surface area contributed by atoms with Gasteiger partial charge in [0.15, 0.2) is 0 Å². The summed E-state index contributed by atoms with van der Waals surface area (Å²) in [7, 11) is 1.48. The van der Waals surface area contributed by atoms with Crippen molar-refractivity contribution in [2.75, 3.05) is 31.7 Å². The molecule has 130 valence electrons. The molecular weight excluding hydrogens is 316 g/mol. The average molecular weight is 338 g/mol. The number of carbonyl (C=O) groups is 2. The van der Waals surface area contributed by atoms with E-state index in [2.05, 4.69) is 0 Å². The van der Waals surface area contributed by atoms with Crippen molar-refractivity contribution in [1.29, 1.82) is 0 Å². The van der Waals surface area contributed by atoms with Crippen LogP contribution in [0.5, 0.6) is 0 Å². The number of benzene rings is 2. The van der Waals surface area contributed by atoms with E-state index in [-0.39, 0.29) is 18.4 Å². The summed E-state index contributed by atoms with van der Waals surface area (Å²) in [6.45, 7) is 2.74. The van der Waals surface area contributed by atoms with Crippen molar-refractivity contribution >= 4 is 17.5 Å². The molecule has 5 heteroatoms. The molecule has 5 nitrogen and oxygen atoms in total. The number of hydrogen-bond acceptors (Lipinski definition) is 3. The van der Waals surface area contributed by atoms with Gasteiger partial charge < -0.3 is 14.5 Å². The van der Waals surface area contributed by atoms with Gasteiger partial charge >= 0.3 is 0 Å². The smallest absolute Gasteiger partial charge is 0.249 e. The molecule has 2 aromatic rings. The Labute approximate surface area is 147 Å². The van der Waals surface area contributed by atoms with E-state index in [1.807, 2.05) is 54.6 Å². The molecule has 1 aliphatic heterocycles. The van der Waals surface area contributed by atoms with Gasteiger partial charge in [0.2, 0.25) is 11.8 Å². The lowest BCUT2D eigenvalue weighted by Crippen LogP contribution is -2.58. The van der Waals surface area contributed by atoms with Crippen molar-refractivity contribution in [3.8, 4) is 11.1 Å². The highest BCUT2D eigenvalue weighted by atomic mass is 16.5. The third-order valence-electron chi connectivity index (χ3n) is 4.52. The van der Waals surface area contributed by atoms with Crippen LogP contribution in [0.15, 0.2) is 54.6 Å². The molecule has 1 saturated heterocycles. The Kier molecular flexibility index (Phi) is 5.14. The molecule has 0 bridgehead atoms. The summed E-state index contributed by atoms with van der Waals surface area (Å²) in [6, 6.07) is 17.4. The lowest BCUT2D eigenvalue weighted by atomic mass is 10.0. The molecule has 0 N–H and O–H groups in total. The molecule has 0 saturated carbocycles. The lowest BCUT2D eigenvalue weighted by molar-refractivity contribution is -0.143. The highest BCUT2D eigenvalue weighted by molar-refractivity contribution is 6.03. The van der Waals surface area contributed by atoms with Crippen LogP contribution in [0.4, 0.5) is 5.69 Å². The number of amides is 2. The number of rotatable bonds is 4. The highest BCUT2D eigenvalue weighted by Crippen LogP contribution is 2.32. The third kappa shape index (κ3) is 3.42. The normalized spacial score (nSPS) is 17.7. The van der Waals surface area contributed by atoms with Gasteiger partial charge in [0, 0.05) is 25.8 Å². The number of nitrogens with zero attached hydrogens (tertiary/aromatic N) is 2. The summed E-state index contributed by atoms with van der Waals surface area (Å²) < 4.78 is 4.91. The SMILES string of the molecule is COCC(=O)N1CCN(c2ccccc2-c2ccccc2)C(=O)[C@H]1C. The first-order valence-corrected chi connectivity index (χ1v) is 8.37. The molecule has 2 amide bonds. The summed E-state index contributed by atoms with van der Waals surface area (Å²) in [4.78, 5) is 28.4. The van der Waals surface area contributed by atoms with E-state index in [0.29, 0.717) is 13.1 Å². The number of carbonyl (C=O) groups excluding carboxylic acids is 2. The Hall–Kier alpha value is -2.66. The quantitative estimate of drug-likeness (QED) is 0.861. The Bertz CT molecular complexity index is 761. The van der Waals surface area contributed by atoms with Crippen molar-refractivity contribution in [3.05, 3.63) is 54.6 Å². The number of ether oxygens (including phenoxy) is 1. The largest absolute Gasteiger partial charge is 0.375 e. The standard InChI is InChI=1S/C20H22N2O3/c1-15-20(24)22(13-12-21(15)19(23)14-25-2)18-11-7-6-10-17(18)16-8-4-3-5-9-16/h3-11,15H,12-14H2,1-2H3/t15-/m1/s1. The zero-order chi connectivity index (χ0) is 17.8. The molecule has 0 unspecified atom stereocenters. The van der Waals surface area contributed by atoms with Crippen LogP contribution in [-0.4, -0.2) is 49.6 Å². The Morgan fingerprint density at radius 3 is 2.48 bits per heavy atom. The second-order valence-electron chi connectivity index (χ2n) is 6.07. The van der Waals surface area contributed by atoms with Gasteiger partial charge in [-0.05, 0) is 18.6 Å². The van der Waals surface area contributed by atoms with Gasteiger partial charge in [-0.15, -0.1) is 0 Å². The van der Waals surface area contributed by atoms with Gasteiger partial charge in [-0.2, -0.15) is 0 Å². The Balaban J connectivity index is 1.89. The van der Waals surface area contributed by atoms with E-state index in [1.54, 1.807) is 16.7 Å². The molecule has 1 heterocycles. The van der Waals surface area contributed by atoms with Crippen LogP contribution in [0.2, 0.25) is 0 Å². The molecule has 0 aliphatic carbocycles. The van der Waals surface area contributed by atoms with Crippen LogP contribution >= 0.6 is 0 Å². The first kappa shape index (κ1) is 17.2. The number of methoxy groups -OCH3 is 1. The zero-order valence-corrected chi connectivity index (χ0v) is 14.5. The molecule has 1 fully saturated rings. The maximum atomic E-state index is 12.9. The van der Waals surface area contributed by atoms with Gasteiger partial charge in [0.05, 0.1) is 5.69 Å². The molecule has 0 radical (unpaired) electrons. The zero-order valence-electron chi connectivity index (χ0n) is 14.5. The minimum Gasteiger partial charge on any atom is -0.375 e. The minimum atomic E-state index is -0.500. The first-order chi connectivity index (χ1) is 12.1. The van der Waals surface area contributed by atoms with E-state index < -0.39 is 6.04 Å². The predicted octanol–water partition coefficient (Wildman–Crippen LogP) is 2.56. The van der Waals surface area contributed by atoms with Crippen LogP contribution in [0.25, 0.3) is 11.1 Å². The number of para-hydroxylation sites is 1.